The summed E-state index contributed by atoms with van der Waals surface area (Å²) in [7, 11) is 1.43. The normalized spacial score (nSPS) is 14.8. The number of amides is 4. The molecular weight excluding hydrogens is 402 g/mol. The number of nitrogens with one attached hydrogen (secondary N) is 1. The van der Waals surface area contributed by atoms with Gasteiger partial charge >= 0.3 is 6.03 Å². The zero-order valence-electron chi connectivity index (χ0n) is 16.9. The summed E-state index contributed by atoms with van der Waals surface area (Å²) in [5.41, 5.74) is 0.510. The highest BCUT2D eigenvalue weighted by atomic mass is 16.5. The molecule has 0 unspecified atom stereocenters. The monoisotopic (exact) mass is 421 g/mol. The Morgan fingerprint density at radius 1 is 1.10 bits per heavy atom. The van der Waals surface area contributed by atoms with E-state index in [2.05, 4.69) is 5.32 Å². The first-order chi connectivity index (χ1) is 15.0. The van der Waals surface area contributed by atoms with Gasteiger partial charge in [0.15, 0.2) is 18.1 Å². The largest absolute Gasteiger partial charge is 0.494 e. The van der Waals surface area contributed by atoms with Crippen LogP contribution in [0.3, 0.4) is 0 Å². The molecular formula is C22H19N3O6. The number of carbonyl (C=O) groups excluding carboxylic acids is 3. The summed E-state index contributed by atoms with van der Waals surface area (Å²) in [6, 6.07) is 12.2. The van der Waals surface area contributed by atoms with E-state index in [-0.39, 0.29) is 17.9 Å². The lowest BCUT2D eigenvalue weighted by molar-refractivity contribution is -0.122. The molecule has 1 N–H and O–H groups in total. The Bertz CT molecular complexity index is 1100. The third-order valence-electron chi connectivity index (χ3n) is 4.28. The molecule has 4 amide bonds. The van der Waals surface area contributed by atoms with Gasteiger partial charge in [-0.25, -0.2) is 9.69 Å². The average Bonchev–Trinajstić information content (AvgIpc) is 2.76. The van der Waals surface area contributed by atoms with Gasteiger partial charge in [0, 0.05) is 6.07 Å². The van der Waals surface area contributed by atoms with Gasteiger partial charge in [-0.3, -0.25) is 14.9 Å². The standard InChI is InChI=1S/C22H19N3O6/c1-3-30-16-6-4-5-15(13-16)25-21(27)17(20(26)24-22(25)28)11-14-7-8-18(31-10-9-23)19(12-14)29-2/h4-8,11-13H,3,10H2,1-2H3,(H,24,26,28). The number of benzene rings is 2. The van der Waals surface area contributed by atoms with E-state index in [1.165, 1.54) is 13.2 Å². The predicted molar refractivity (Wildman–Crippen MR) is 111 cm³/mol. The van der Waals surface area contributed by atoms with Crippen molar-refractivity contribution >= 4 is 29.6 Å². The van der Waals surface area contributed by atoms with Gasteiger partial charge in [-0.05, 0) is 42.8 Å². The van der Waals surface area contributed by atoms with Gasteiger partial charge in [-0.1, -0.05) is 12.1 Å². The van der Waals surface area contributed by atoms with Crippen LogP contribution in [0.1, 0.15) is 12.5 Å². The molecule has 2 aromatic rings. The molecule has 9 heteroatoms. The summed E-state index contributed by atoms with van der Waals surface area (Å²) in [4.78, 5) is 38.6. The van der Waals surface area contributed by atoms with Crippen LogP contribution in [0.4, 0.5) is 10.5 Å². The van der Waals surface area contributed by atoms with Crippen LogP contribution < -0.4 is 24.4 Å². The SMILES string of the molecule is CCOc1cccc(N2C(=O)NC(=O)C(=Cc3ccc(OCC#N)c(OC)c3)C2=O)c1. The lowest BCUT2D eigenvalue weighted by Crippen LogP contribution is -2.54. The molecule has 1 heterocycles. The number of anilines is 1. The van der Waals surface area contributed by atoms with Crippen LogP contribution in [0.2, 0.25) is 0 Å². The number of nitriles is 1. The Morgan fingerprint density at radius 3 is 2.61 bits per heavy atom. The van der Waals surface area contributed by atoms with E-state index in [0.29, 0.717) is 29.4 Å². The molecule has 0 spiro atoms. The summed E-state index contributed by atoms with van der Waals surface area (Å²) < 4.78 is 15.9. The minimum absolute atomic E-state index is 0.157. The zero-order chi connectivity index (χ0) is 22.4. The number of hydrogen-bond acceptors (Lipinski definition) is 7. The molecule has 2 aromatic carbocycles. The van der Waals surface area contributed by atoms with Gasteiger partial charge < -0.3 is 14.2 Å². The Balaban J connectivity index is 1.96. The molecule has 0 bridgehead atoms. The first-order valence-electron chi connectivity index (χ1n) is 9.30. The van der Waals surface area contributed by atoms with Gasteiger partial charge in [0.05, 0.1) is 19.4 Å². The highest BCUT2D eigenvalue weighted by molar-refractivity contribution is 6.39. The molecule has 3 rings (SSSR count). The summed E-state index contributed by atoms with van der Waals surface area (Å²) >= 11 is 0. The van der Waals surface area contributed by atoms with Gasteiger partial charge in [-0.15, -0.1) is 0 Å². The van der Waals surface area contributed by atoms with E-state index in [0.717, 1.165) is 4.90 Å². The highest BCUT2D eigenvalue weighted by Gasteiger charge is 2.37. The van der Waals surface area contributed by atoms with Gasteiger partial charge in [-0.2, -0.15) is 5.26 Å². The van der Waals surface area contributed by atoms with Crippen molar-refractivity contribution in [1.29, 1.82) is 5.26 Å². The number of ether oxygens (including phenoxy) is 3. The van der Waals surface area contributed by atoms with Crippen molar-refractivity contribution in [2.75, 3.05) is 25.2 Å². The maximum absolute atomic E-state index is 13.0. The molecule has 158 valence electrons. The van der Waals surface area contributed by atoms with Crippen LogP contribution in [0, 0.1) is 11.3 Å². The van der Waals surface area contributed by atoms with Crippen molar-refractivity contribution in [3.05, 3.63) is 53.6 Å². The second kappa shape index (κ2) is 9.45. The van der Waals surface area contributed by atoms with Gasteiger partial charge in [0.2, 0.25) is 0 Å². The van der Waals surface area contributed by atoms with Crippen molar-refractivity contribution in [3.8, 4) is 23.3 Å². The van der Waals surface area contributed by atoms with Crippen molar-refractivity contribution in [2.45, 2.75) is 6.92 Å². The van der Waals surface area contributed by atoms with Crippen LogP contribution in [-0.4, -0.2) is 38.2 Å². The quantitative estimate of drug-likeness (QED) is 0.539. The van der Waals surface area contributed by atoms with Crippen molar-refractivity contribution < 1.29 is 28.6 Å². The van der Waals surface area contributed by atoms with Crippen LogP contribution in [0.5, 0.6) is 17.2 Å². The summed E-state index contributed by atoms with van der Waals surface area (Å²) in [6.45, 7) is 2.08. The fraction of sp³-hybridized carbons (Fsp3) is 0.182. The Kier molecular flexibility index (Phi) is 6.52. The maximum Gasteiger partial charge on any atom is 0.335 e. The van der Waals surface area contributed by atoms with Crippen molar-refractivity contribution in [2.24, 2.45) is 0 Å². The Hall–Kier alpha value is -4.32. The second-order valence-corrected chi connectivity index (χ2v) is 6.25. The molecule has 1 aliphatic rings. The van der Waals surface area contributed by atoms with E-state index in [1.807, 2.05) is 13.0 Å². The Labute approximate surface area is 178 Å². The smallest absolute Gasteiger partial charge is 0.335 e. The van der Waals surface area contributed by atoms with Crippen LogP contribution in [-0.2, 0) is 9.59 Å². The summed E-state index contributed by atoms with van der Waals surface area (Å²) in [6.07, 6.45) is 1.35. The highest BCUT2D eigenvalue weighted by Crippen LogP contribution is 2.30. The molecule has 9 nitrogen and oxygen atoms in total. The molecule has 1 aliphatic heterocycles. The van der Waals surface area contributed by atoms with Crippen molar-refractivity contribution in [3.63, 3.8) is 0 Å². The van der Waals surface area contributed by atoms with E-state index in [9.17, 15) is 14.4 Å². The lowest BCUT2D eigenvalue weighted by atomic mass is 10.1. The van der Waals surface area contributed by atoms with Crippen molar-refractivity contribution in [1.82, 2.24) is 5.32 Å². The molecule has 0 radical (unpaired) electrons. The number of hydrogen-bond donors (Lipinski definition) is 1. The van der Waals surface area contributed by atoms with Crippen LogP contribution in [0.15, 0.2) is 48.0 Å². The number of rotatable bonds is 7. The third kappa shape index (κ3) is 4.64. The van der Waals surface area contributed by atoms with Gasteiger partial charge in [0.1, 0.15) is 17.4 Å². The topological polar surface area (TPSA) is 118 Å². The zero-order valence-corrected chi connectivity index (χ0v) is 16.9. The van der Waals surface area contributed by atoms with Crippen LogP contribution in [0.25, 0.3) is 6.08 Å². The fourth-order valence-electron chi connectivity index (χ4n) is 2.94. The lowest BCUT2D eigenvalue weighted by Gasteiger charge is -2.26. The van der Waals surface area contributed by atoms with E-state index in [1.54, 1.807) is 42.5 Å². The number of imide groups is 2. The first-order valence-corrected chi connectivity index (χ1v) is 9.30. The number of nitrogens with zero attached hydrogens (tertiary/aromatic N) is 2. The second-order valence-electron chi connectivity index (χ2n) is 6.25. The molecule has 0 atom stereocenters. The summed E-state index contributed by atoms with van der Waals surface area (Å²) in [5, 5.41) is 10.8. The third-order valence-corrected chi connectivity index (χ3v) is 4.28. The fourth-order valence-corrected chi connectivity index (χ4v) is 2.94. The molecule has 1 fully saturated rings. The molecule has 1 saturated heterocycles. The van der Waals surface area contributed by atoms with E-state index in [4.69, 9.17) is 19.5 Å². The Morgan fingerprint density at radius 2 is 1.90 bits per heavy atom. The van der Waals surface area contributed by atoms with Crippen LogP contribution >= 0.6 is 0 Å². The number of urea groups is 1. The first kappa shape index (κ1) is 21.4. The minimum Gasteiger partial charge on any atom is -0.494 e. The summed E-state index contributed by atoms with van der Waals surface area (Å²) in [5.74, 6) is -0.427. The number of carbonyl (C=O) groups is 3. The molecule has 0 aromatic heterocycles. The molecule has 0 aliphatic carbocycles. The van der Waals surface area contributed by atoms with E-state index >= 15 is 0 Å². The average molecular weight is 421 g/mol. The number of methoxy groups -OCH3 is 1. The maximum atomic E-state index is 13.0. The van der Waals surface area contributed by atoms with Gasteiger partial charge in [0.25, 0.3) is 11.8 Å². The number of barbiturate groups is 1. The molecule has 0 saturated carbocycles. The predicted octanol–water partition coefficient (Wildman–Crippen LogP) is 2.66. The minimum atomic E-state index is -0.848. The van der Waals surface area contributed by atoms with E-state index < -0.39 is 17.8 Å². The molecule has 31 heavy (non-hydrogen) atoms.